The van der Waals surface area contributed by atoms with Gasteiger partial charge in [-0.3, -0.25) is 15.1 Å². The summed E-state index contributed by atoms with van der Waals surface area (Å²) in [4.78, 5) is 34.9. The molecule has 0 fully saturated rings. The van der Waals surface area contributed by atoms with Gasteiger partial charge in [-0.1, -0.05) is 23.7 Å². The molecule has 3 rings (SSSR count). The number of aliphatic hydroxyl groups excluding tert-OH is 1. The third kappa shape index (κ3) is 7.60. The van der Waals surface area contributed by atoms with E-state index in [1.165, 1.54) is 11.0 Å². The maximum absolute atomic E-state index is 13.7. The number of nitrogens with one attached hydrogen (secondary N) is 1. The minimum atomic E-state index is -0.689. The van der Waals surface area contributed by atoms with E-state index in [1.807, 2.05) is 6.07 Å². The van der Waals surface area contributed by atoms with Gasteiger partial charge in [0.15, 0.2) is 0 Å². The van der Waals surface area contributed by atoms with Crippen molar-refractivity contribution >= 4 is 40.2 Å². The number of carbonyl (C=O) groups is 2. The van der Waals surface area contributed by atoms with Gasteiger partial charge in [-0.15, -0.1) is 0 Å². The van der Waals surface area contributed by atoms with Gasteiger partial charge < -0.3 is 14.7 Å². The van der Waals surface area contributed by atoms with E-state index in [0.717, 1.165) is 10.8 Å². The SMILES string of the molecule is CN(C(=O)CCc1cccc(F)c1Cl)[C@@H](CCCCO)COC(=O)Nc1cc2ccncc2cn1. The fraction of sp³-hybridized carbons (Fsp3) is 0.360. The minimum Gasteiger partial charge on any atom is -0.447 e. The number of aliphatic hydroxyl groups is 1. The molecule has 0 bridgehead atoms. The van der Waals surface area contributed by atoms with Gasteiger partial charge in [-0.05, 0) is 54.8 Å². The fourth-order valence-electron chi connectivity index (χ4n) is 3.60. The van der Waals surface area contributed by atoms with Crippen LogP contribution in [0.1, 0.15) is 31.2 Å². The van der Waals surface area contributed by atoms with E-state index < -0.39 is 18.0 Å². The van der Waals surface area contributed by atoms with E-state index in [4.69, 9.17) is 21.4 Å². The van der Waals surface area contributed by atoms with Crippen molar-refractivity contribution in [3.05, 3.63) is 65.3 Å². The number of likely N-dealkylation sites (N-methyl/N-ethyl adjacent to an activating group) is 1. The summed E-state index contributed by atoms with van der Waals surface area (Å²) < 4.78 is 19.1. The van der Waals surface area contributed by atoms with E-state index in [2.05, 4.69) is 15.3 Å². The molecule has 186 valence electrons. The Morgan fingerprint density at radius 2 is 2.06 bits per heavy atom. The second-order valence-electron chi connectivity index (χ2n) is 8.11. The van der Waals surface area contributed by atoms with Crippen molar-refractivity contribution in [2.24, 2.45) is 0 Å². The second kappa shape index (κ2) is 13.0. The van der Waals surface area contributed by atoms with Gasteiger partial charge >= 0.3 is 6.09 Å². The number of benzene rings is 1. The van der Waals surface area contributed by atoms with E-state index >= 15 is 0 Å². The molecular weight excluding hydrogens is 475 g/mol. The van der Waals surface area contributed by atoms with Gasteiger partial charge in [0.1, 0.15) is 18.2 Å². The molecule has 2 heterocycles. The van der Waals surface area contributed by atoms with Gasteiger partial charge in [-0.2, -0.15) is 0 Å². The van der Waals surface area contributed by atoms with Crippen molar-refractivity contribution in [1.29, 1.82) is 0 Å². The van der Waals surface area contributed by atoms with Crippen LogP contribution in [0.25, 0.3) is 10.8 Å². The molecule has 10 heteroatoms. The quantitative estimate of drug-likeness (QED) is 0.371. The van der Waals surface area contributed by atoms with Crippen molar-refractivity contribution in [3.63, 3.8) is 0 Å². The number of unbranched alkanes of at least 4 members (excludes halogenated alkanes) is 1. The molecule has 0 aliphatic carbocycles. The average Bonchev–Trinajstić information content (AvgIpc) is 2.86. The van der Waals surface area contributed by atoms with Gasteiger partial charge in [0.05, 0.1) is 11.1 Å². The smallest absolute Gasteiger partial charge is 0.412 e. The molecule has 0 aliphatic heterocycles. The lowest BCUT2D eigenvalue weighted by molar-refractivity contribution is -0.132. The van der Waals surface area contributed by atoms with Gasteiger partial charge in [0.25, 0.3) is 0 Å². The Labute approximate surface area is 208 Å². The number of pyridine rings is 2. The first-order chi connectivity index (χ1) is 16.9. The first-order valence-corrected chi connectivity index (χ1v) is 11.7. The number of hydrogen-bond acceptors (Lipinski definition) is 6. The highest BCUT2D eigenvalue weighted by atomic mass is 35.5. The maximum Gasteiger partial charge on any atom is 0.412 e. The molecule has 0 saturated heterocycles. The predicted octanol–water partition coefficient (Wildman–Crippen LogP) is 4.59. The molecule has 0 unspecified atom stereocenters. The molecule has 1 aromatic carbocycles. The molecule has 0 aliphatic rings. The van der Waals surface area contributed by atoms with Crippen LogP contribution in [0.2, 0.25) is 5.02 Å². The molecule has 3 aromatic rings. The van der Waals surface area contributed by atoms with Crippen molar-refractivity contribution in [3.8, 4) is 0 Å². The normalized spacial score (nSPS) is 11.8. The van der Waals surface area contributed by atoms with Gasteiger partial charge in [-0.25, -0.2) is 14.2 Å². The lowest BCUT2D eigenvalue weighted by Gasteiger charge is -2.28. The Morgan fingerprint density at radius 3 is 2.86 bits per heavy atom. The highest BCUT2D eigenvalue weighted by molar-refractivity contribution is 6.31. The first kappa shape index (κ1) is 26.3. The van der Waals surface area contributed by atoms with E-state index in [-0.39, 0.29) is 37.0 Å². The average molecular weight is 503 g/mol. The third-order valence-electron chi connectivity index (χ3n) is 5.69. The number of fused-ring (bicyclic) bond motifs is 1. The highest BCUT2D eigenvalue weighted by Gasteiger charge is 2.22. The predicted molar refractivity (Wildman–Crippen MR) is 132 cm³/mol. The number of nitrogens with zero attached hydrogens (tertiary/aromatic N) is 3. The maximum atomic E-state index is 13.7. The summed E-state index contributed by atoms with van der Waals surface area (Å²) in [5.74, 6) is -0.376. The van der Waals surface area contributed by atoms with Crippen LogP contribution in [-0.2, 0) is 16.0 Å². The molecule has 8 nitrogen and oxygen atoms in total. The second-order valence-corrected chi connectivity index (χ2v) is 8.48. The first-order valence-electron chi connectivity index (χ1n) is 11.3. The molecule has 1 atom stereocenters. The standard InChI is InChI=1S/C25H28ClFN4O4/c1-31(23(33)9-8-17-5-4-7-21(27)24(17)26)20(6-2-3-12-32)16-35-25(34)30-22-13-18-10-11-28-14-19(18)15-29-22/h4-5,7,10-11,13-15,20,32H,2-3,6,8-9,12,16H2,1H3,(H,29,30,34)/t20-/m0/s1. The number of ether oxygens (including phenoxy) is 1. The van der Waals surface area contributed by atoms with Crippen LogP contribution in [0.3, 0.4) is 0 Å². The number of amides is 2. The number of carbonyl (C=O) groups excluding carboxylic acids is 2. The molecule has 2 N–H and O–H groups in total. The lowest BCUT2D eigenvalue weighted by Crippen LogP contribution is -2.41. The minimum absolute atomic E-state index is 0.0148. The summed E-state index contributed by atoms with van der Waals surface area (Å²) in [6.45, 7) is 0.00463. The topological polar surface area (TPSA) is 105 Å². The van der Waals surface area contributed by atoms with Crippen LogP contribution in [0.5, 0.6) is 0 Å². The molecule has 2 amide bonds. The van der Waals surface area contributed by atoms with Crippen LogP contribution < -0.4 is 5.32 Å². The third-order valence-corrected chi connectivity index (χ3v) is 6.11. The van der Waals surface area contributed by atoms with Crippen molar-refractivity contribution in [2.75, 3.05) is 25.6 Å². The summed E-state index contributed by atoms with van der Waals surface area (Å²) in [6.07, 6.45) is 6.41. The molecular formula is C25H28ClFN4O4. The number of anilines is 1. The Bertz CT molecular complexity index is 1160. The fourth-order valence-corrected chi connectivity index (χ4v) is 3.83. The number of aryl methyl sites for hydroxylation is 1. The molecule has 0 spiro atoms. The molecule has 35 heavy (non-hydrogen) atoms. The number of rotatable bonds is 11. The van der Waals surface area contributed by atoms with E-state index in [1.54, 1.807) is 43.8 Å². The van der Waals surface area contributed by atoms with Crippen LogP contribution in [-0.4, -0.2) is 58.3 Å². The summed E-state index contributed by atoms with van der Waals surface area (Å²) in [7, 11) is 1.64. The van der Waals surface area contributed by atoms with E-state index in [9.17, 15) is 14.0 Å². The summed E-state index contributed by atoms with van der Waals surface area (Å²) in [5.41, 5.74) is 0.555. The zero-order valence-corrected chi connectivity index (χ0v) is 20.2. The number of halogens is 2. The van der Waals surface area contributed by atoms with Crippen LogP contribution in [0.4, 0.5) is 15.0 Å². The van der Waals surface area contributed by atoms with Crippen molar-refractivity contribution < 1.29 is 23.8 Å². The zero-order chi connectivity index (χ0) is 25.2. The van der Waals surface area contributed by atoms with Crippen molar-refractivity contribution in [1.82, 2.24) is 14.9 Å². The number of aromatic nitrogens is 2. The molecule has 0 saturated carbocycles. The Morgan fingerprint density at radius 1 is 1.23 bits per heavy atom. The summed E-state index contributed by atoms with van der Waals surface area (Å²) in [5, 5.41) is 13.4. The van der Waals surface area contributed by atoms with Crippen LogP contribution in [0, 0.1) is 5.82 Å². The summed E-state index contributed by atoms with van der Waals surface area (Å²) in [6, 6.07) is 7.63. The van der Waals surface area contributed by atoms with Gasteiger partial charge in [0, 0.05) is 44.1 Å². The monoisotopic (exact) mass is 502 g/mol. The summed E-state index contributed by atoms with van der Waals surface area (Å²) >= 11 is 5.99. The molecule has 2 aromatic heterocycles. The van der Waals surface area contributed by atoms with Crippen LogP contribution in [0.15, 0.2) is 48.9 Å². The highest BCUT2D eigenvalue weighted by Crippen LogP contribution is 2.22. The Balaban J connectivity index is 1.57. The van der Waals surface area contributed by atoms with E-state index in [0.29, 0.717) is 30.6 Å². The largest absolute Gasteiger partial charge is 0.447 e. The molecule has 0 radical (unpaired) electrons. The van der Waals surface area contributed by atoms with Crippen molar-refractivity contribution in [2.45, 2.75) is 38.1 Å². The number of hydrogen-bond donors (Lipinski definition) is 2. The van der Waals surface area contributed by atoms with Gasteiger partial charge in [0.2, 0.25) is 5.91 Å². The Hall–Kier alpha value is -3.30. The lowest BCUT2D eigenvalue weighted by atomic mass is 10.1. The zero-order valence-electron chi connectivity index (χ0n) is 19.4. The van der Waals surface area contributed by atoms with Crippen LogP contribution >= 0.6 is 11.6 Å². The Kier molecular flexibility index (Phi) is 9.75.